The molecule has 2 aliphatic rings. The summed E-state index contributed by atoms with van der Waals surface area (Å²) in [6.45, 7) is 1.61. The SMILES string of the molecule is COc1ccc(C(=O)N2CCC[C@@H](Nc3ccc4c(c3)OCO4)C2)o1. The van der Waals surface area contributed by atoms with Gasteiger partial charge in [0.1, 0.15) is 0 Å². The Morgan fingerprint density at radius 1 is 1.24 bits per heavy atom. The molecule has 3 heterocycles. The molecule has 1 aromatic carbocycles. The minimum atomic E-state index is -0.111. The van der Waals surface area contributed by atoms with Crippen molar-refractivity contribution in [2.24, 2.45) is 0 Å². The predicted molar refractivity (Wildman–Crippen MR) is 90.4 cm³/mol. The van der Waals surface area contributed by atoms with E-state index in [1.54, 1.807) is 12.1 Å². The number of likely N-dealkylation sites (tertiary alicyclic amines) is 1. The van der Waals surface area contributed by atoms with E-state index in [-0.39, 0.29) is 18.7 Å². The standard InChI is InChI=1S/C18H20N2O5/c1-22-17-7-6-15(25-17)18(21)20-8-2-3-13(10-20)19-12-4-5-14-16(9-12)24-11-23-14/h4-7,9,13,19H,2-3,8,10-11H2,1H3/t13-/m1/s1. The highest BCUT2D eigenvalue weighted by atomic mass is 16.7. The second kappa shape index (κ2) is 6.58. The van der Waals surface area contributed by atoms with Crippen LogP contribution in [0.2, 0.25) is 0 Å². The van der Waals surface area contributed by atoms with E-state index < -0.39 is 0 Å². The van der Waals surface area contributed by atoms with Gasteiger partial charge in [0.15, 0.2) is 17.3 Å². The maximum absolute atomic E-state index is 12.6. The normalized spacial score (nSPS) is 18.9. The molecule has 1 amide bonds. The molecule has 0 radical (unpaired) electrons. The van der Waals surface area contributed by atoms with Crippen LogP contribution in [0.1, 0.15) is 23.4 Å². The summed E-state index contributed by atoms with van der Waals surface area (Å²) in [4.78, 5) is 14.4. The lowest BCUT2D eigenvalue weighted by Crippen LogP contribution is -2.45. The second-order valence-corrected chi connectivity index (χ2v) is 6.13. The van der Waals surface area contributed by atoms with Crippen molar-refractivity contribution in [3.05, 3.63) is 36.1 Å². The number of piperidine rings is 1. The number of anilines is 1. The van der Waals surface area contributed by atoms with Crippen molar-refractivity contribution in [2.75, 3.05) is 32.3 Å². The molecule has 0 bridgehead atoms. The number of hydrogen-bond acceptors (Lipinski definition) is 6. The lowest BCUT2D eigenvalue weighted by Gasteiger charge is -2.33. The predicted octanol–water partition coefficient (Wildman–Crippen LogP) is 2.73. The van der Waals surface area contributed by atoms with E-state index in [1.807, 2.05) is 23.1 Å². The average molecular weight is 344 g/mol. The molecule has 0 spiro atoms. The molecule has 1 aromatic heterocycles. The third-order valence-corrected chi connectivity index (χ3v) is 4.45. The van der Waals surface area contributed by atoms with Crippen LogP contribution in [0.15, 0.2) is 34.7 Å². The highest BCUT2D eigenvalue weighted by Gasteiger charge is 2.26. The van der Waals surface area contributed by atoms with Crippen LogP contribution < -0.4 is 19.5 Å². The number of methoxy groups -OCH3 is 1. The summed E-state index contributed by atoms with van der Waals surface area (Å²) in [5.74, 6) is 2.05. The van der Waals surface area contributed by atoms with Crippen molar-refractivity contribution in [1.29, 1.82) is 0 Å². The molecular weight excluding hydrogens is 324 g/mol. The zero-order valence-electron chi connectivity index (χ0n) is 14.0. The number of nitrogens with zero attached hydrogens (tertiary/aromatic N) is 1. The van der Waals surface area contributed by atoms with E-state index in [4.69, 9.17) is 18.6 Å². The summed E-state index contributed by atoms with van der Waals surface area (Å²) in [7, 11) is 1.51. The van der Waals surface area contributed by atoms with Gasteiger partial charge in [0, 0.05) is 37.0 Å². The second-order valence-electron chi connectivity index (χ2n) is 6.13. The summed E-state index contributed by atoms with van der Waals surface area (Å²) >= 11 is 0. The van der Waals surface area contributed by atoms with E-state index in [1.165, 1.54) is 7.11 Å². The Morgan fingerprint density at radius 2 is 2.12 bits per heavy atom. The topological polar surface area (TPSA) is 73.2 Å². The summed E-state index contributed by atoms with van der Waals surface area (Å²) in [6, 6.07) is 9.27. The van der Waals surface area contributed by atoms with E-state index in [0.717, 1.165) is 36.6 Å². The molecule has 1 atom stereocenters. The van der Waals surface area contributed by atoms with E-state index >= 15 is 0 Å². The first-order chi connectivity index (χ1) is 12.2. The van der Waals surface area contributed by atoms with Gasteiger partial charge in [0.25, 0.3) is 11.9 Å². The smallest absolute Gasteiger partial charge is 0.289 e. The summed E-state index contributed by atoms with van der Waals surface area (Å²) < 4.78 is 21.1. The minimum Gasteiger partial charge on any atom is -0.468 e. The molecule has 2 aromatic rings. The van der Waals surface area contributed by atoms with Crippen LogP contribution >= 0.6 is 0 Å². The summed E-state index contributed by atoms with van der Waals surface area (Å²) in [6.07, 6.45) is 1.94. The number of fused-ring (bicyclic) bond motifs is 1. The number of carbonyl (C=O) groups excluding carboxylic acids is 1. The van der Waals surface area contributed by atoms with Crippen molar-refractivity contribution in [3.63, 3.8) is 0 Å². The van der Waals surface area contributed by atoms with Gasteiger partial charge < -0.3 is 28.8 Å². The van der Waals surface area contributed by atoms with Crippen LogP contribution in [-0.4, -0.2) is 43.8 Å². The van der Waals surface area contributed by atoms with Gasteiger partial charge in [-0.3, -0.25) is 4.79 Å². The van der Waals surface area contributed by atoms with Gasteiger partial charge in [-0.05, 0) is 31.0 Å². The molecule has 0 saturated carbocycles. The number of furan rings is 1. The van der Waals surface area contributed by atoms with E-state index in [0.29, 0.717) is 18.3 Å². The molecule has 4 rings (SSSR count). The number of hydrogen-bond donors (Lipinski definition) is 1. The minimum absolute atomic E-state index is 0.111. The van der Waals surface area contributed by atoms with Gasteiger partial charge in [-0.2, -0.15) is 0 Å². The third-order valence-electron chi connectivity index (χ3n) is 4.45. The van der Waals surface area contributed by atoms with Gasteiger partial charge in [-0.25, -0.2) is 0 Å². The zero-order valence-corrected chi connectivity index (χ0v) is 14.0. The molecule has 0 aliphatic carbocycles. The fraction of sp³-hybridized carbons (Fsp3) is 0.389. The number of nitrogens with one attached hydrogen (secondary N) is 1. The molecule has 25 heavy (non-hydrogen) atoms. The largest absolute Gasteiger partial charge is 0.468 e. The first kappa shape index (κ1) is 15.7. The van der Waals surface area contributed by atoms with Crippen molar-refractivity contribution in [1.82, 2.24) is 4.90 Å². The molecule has 1 saturated heterocycles. The molecule has 132 valence electrons. The Morgan fingerprint density at radius 3 is 2.96 bits per heavy atom. The van der Waals surface area contributed by atoms with Crippen LogP contribution in [0.4, 0.5) is 5.69 Å². The Balaban J connectivity index is 1.41. The van der Waals surface area contributed by atoms with Gasteiger partial charge >= 0.3 is 0 Å². The van der Waals surface area contributed by atoms with Gasteiger partial charge in [-0.1, -0.05) is 0 Å². The number of ether oxygens (including phenoxy) is 3. The van der Waals surface area contributed by atoms with E-state index in [2.05, 4.69) is 5.32 Å². The van der Waals surface area contributed by atoms with Gasteiger partial charge in [-0.15, -0.1) is 0 Å². The highest BCUT2D eigenvalue weighted by Crippen LogP contribution is 2.34. The van der Waals surface area contributed by atoms with Crippen molar-refractivity contribution in [2.45, 2.75) is 18.9 Å². The molecule has 0 unspecified atom stereocenters. The number of benzene rings is 1. The molecule has 7 heteroatoms. The quantitative estimate of drug-likeness (QED) is 0.919. The van der Waals surface area contributed by atoms with Crippen molar-refractivity contribution < 1.29 is 23.4 Å². The van der Waals surface area contributed by atoms with Crippen LogP contribution in [-0.2, 0) is 0 Å². The monoisotopic (exact) mass is 344 g/mol. The van der Waals surface area contributed by atoms with Gasteiger partial charge in [0.2, 0.25) is 6.79 Å². The highest BCUT2D eigenvalue weighted by molar-refractivity contribution is 5.91. The lowest BCUT2D eigenvalue weighted by atomic mass is 10.0. The average Bonchev–Trinajstić information content (AvgIpc) is 3.30. The molecule has 1 N–H and O–H groups in total. The Labute approximate surface area is 145 Å². The van der Waals surface area contributed by atoms with E-state index in [9.17, 15) is 4.79 Å². The molecule has 2 aliphatic heterocycles. The Bertz CT molecular complexity index is 773. The summed E-state index contributed by atoms with van der Waals surface area (Å²) in [5.41, 5.74) is 0.961. The van der Waals surface area contributed by atoms with Crippen LogP contribution in [0.5, 0.6) is 17.4 Å². The fourth-order valence-corrected chi connectivity index (χ4v) is 3.20. The van der Waals surface area contributed by atoms with Crippen LogP contribution in [0.3, 0.4) is 0 Å². The molecular formula is C18H20N2O5. The first-order valence-corrected chi connectivity index (χ1v) is 8.32. The van der Waals surface area contributed by atoms with Gasteiger partial charge in [0.05, 0.1) is 7.11 Å². The zero-order chi connectivity index (χ0) is 17.2. The maximum atomic E-state index is 12.6. The Hall–Kier alpha value is -2.83. The lowest BCUT2D eigenvalue weighted by molar-refractivity contribution is 0.0676. The number of amides is 1. The molecule has 1 fully saturated rings. The fourth-order valence-electron chi connectivity index (χ4n) is 3.20. The number of rotatable bonds is 4. The Kier molecular flexibility index (Phi) is 4.13. The van der Waals surface area contributed by atoms with Crippen LogP contribution in [0, 0.1) is 0 Å². The van der Waals surface area contributed by atoms with Crippen LogP contribution in [0.25, 0.3) is 0 Å². The third kappa shape index (κ3) is 3.22. The molecule has 7 nitrogen and oxygen atoms in total. The van der Waals surface area contributed by atoms with Crippen molar-refractivity contribution in [3.8, 4) is 17.4 Å². The summed E-state index contributed by atoms with van der Waals surface area (Å²) in [5, 5.41) is 3.48. The first-order valence-electron chi connectivity index (χ1n) is 8.32. The maximum Gasteiger partial charge on any atom is 0.289 e. The number of carbonyl (C=O) groups is 1. The van der Waals surface area contributed by atoms with Crippen molar-refractivity contribution >= 4 is 11.6 Å².